The number of carbonyl (C=O) groups is 4. The molecule has 96 valence electrons. The van der Waals surface area contributed by atoms with Crippen LogP contribution in [0.25, 0.3) is 0 Å². The minimum Gasteiger partial charge on any atom is -0.270 e. The highest BCUT2D eigenvalue weighted by atomic mass is 32.1. The largest absolute Gasteiger partial charge is 0.359 e. The first-order valence-electron chi connectivity index (χ1n) is 4.50. The zero-order chi connectivity index (χ0) is 13.4. The van der Waals surface area contributed by atoms with Gasteiger partial charge in [-0.1, -0.05) is 25.6 Å². The van der Waals surface area contributed by atoms with E-state index in [9.17, 15) is 19.2 Å². The maximum atomic E-state index is 11.3. The van der Waals surface area contributed by atoms with Gasteiger partial charge in [0.2, 0.25) is 0 Å². The summed E-state index contributed by atoms with van der Waals surface area (Å²) in [5.41, 5.74) is 0. The third-order valence-corrected chi connectivity index (χ3v) is 2.69. The Balaban J connectivity index is 2.12. The van der Waals surface area contributed by atoms with Gasteiger partial charge in [0.15, 0.2) is 0 Å². The molecule has 0 unspecified atom stereocenters. The first kappa shape index (κ1) is 12.6. The highest BCUT2D eigenvalue weighted by molar-refractivity contribution is 7.78. The van der Waals surface area contributed by atoms with Crippen LogP contribution in [0.3, 0.4) is 0 Å². The average molecular weight is 290 g/mol. The van der Waals surface area contributed by atoms with Gasteiger partial charge in [0.25, 0.3) is 11.8 Å². The van der Waals surface area contributed by atoms with Gasteiger partial charge >= 0.3 is 12.1 Å². The Morgan fingerprint density at radius 3 is 1.33 bits per heavy atom. The minimum atomic E-state index is -0.811. The molecule has 0 aromatic rings. The molecule has 0 bridgehead atoms. The van der Waals surface area contributed by atoms with E-state index in [0.29, 0.717) is 10.0 Å². The van der Waals surface area contributed by atoms with Crippen molar-refractivity contribution in [3.05, 3.63) is 0 Å². The number of nitrogens with zero attached hydrogens (tertiary/aromatic N) is 6. The van der Waals surface area contributed by atoms with Gasteiger partial charge in [0.1, 0.15) is 13.1 Å². The van der Waals surface area contributed by atoms with Crippen LogP contribution < -0.4 is 0 Å². The summed E-state index contributed by atoms with van der Waals surface area (Å²) >= 11 is 7.42. The van der Waals surface area contributed by atoms with Crippen molar-refractivity contribution in [2.24, 2.45) is 10.4 Å². The number of thiol groups is 2. The molecule has 0 aliphatic carbocycles. The molecule has 0 aromatic carbocycles. The van der Waals surface area contributed by atoms with Gasteiger partial charge in [0.05, 0.1) is 0 Å². The molecule has 2 aliphatic rings. The molecule has 2 heterocycles. The third-order valence-electron chi connectivity index (χ3n) is 2.07. The number of amides is 6. The van der Waals surface area contributed by atoms with E-state index >= 15 is 0 Å². The fourth-order valence-corrected chi connectivity index (χ4v) is 1.63. The molecule has 12 heteroatoms. The van der Waals surface area contributed by atoms with E-state index in [-0.39, 0.29) is 13.1 Å². The molecule has 0 N–H and O–H groups in total. The summed E-state index contributed by atoms with van der Waals surface area (Å²) in [6.45, 7) is -0.525. The topological polar surface area (TPSA) is 106 Å². The first-order valence-corrected chi connectivity index (χ1v) is 5.30. The molecule has 18 heavy (non-hydrogen) atoms. The maximum Gasteiger partial charge on any atom is 0.359 e. The fraction of sp³-hybridized carbons (Fsp3) is 0.333. The van der Waals surface area contributed by atoms with Crippen LogP contribution in [0, 0.1) is 0 Å². The first-order chi connectivity index (χ1) is 8.41. The minimum absolute atomic E-state index is 0.262. The van der Waals surface area contributed by atoms with E-state index in [2.05, 4.69) is 36.1 Å². The monoisotopic (exact) mass is 290 g/mol. The highest BCUT2D eigenvalue weighted by Gasteiger charge is 2.38. The molecule has 0 spiro atoms. The van der Waals surface area contributed by atoms with Crippen molar-refractivity contribution in [2.45, 2.75) is 0 Å². The second kappa shape index (κ2) is 4.45. The summed E-state index contributed by atoms with van der Waals surface area (Å²) in [7, 11) is 0. The zero-order valence-electron chi connectivity index (χ0n) is 8.62. The van der Waals surface area contributed by atoms with Crippen LogP contribution in [0.4, 0.5) is 9.59 Å². The summed E-state index contributed by atoms with van der Waals surface area (Å²) in [6, 6.07) is -1.62. The van der Waals surface area contributed by atoms with Gasteiger partial charge < -0.3 is 0 Å². The van der Waals surface area contributed by atoms with Crippen molar-refractivity contribution in [1.29, 1.82) is 0 Å². The second-order valence-electron chi connectivity index (χ2n) is 3.27. The van der Waals surface area contributed by atoms with Crippen LogP contribution in [-0.4, -0.2) is 55.6 Å². The van der Waals surface area contributed by atoms with E-state index in [1.807, 2.05) is 0 Å². The quantitative estimate of drug-likeness (QED) is 0.405. The van der Waals surface area contributed by atoms with Crippen LogP contribution in [0.15, 0.2) is 10.4 Å². The molecule has 0 atom stereocenters. The molecule has 0 saturated carbocycles. The standard InChI is InChI=1S/C6H6N6O4S2/c13-3-1-9(17)5(15)11(3)7-8-12-4(14)2-10(18)6(12)16/h17-18H,1-2H2/b8-7+. The van der Waals surface area contributed by atoms with Crippen molar-refractivity contribution in [3.8, 4) is 0 Å². The number of urea groups is 2. The maximum absolute atomic E-state index is 11.3. The lowest BCUT2D eigenvalue weighted by atomic mass is 10.6. The summed E-state index contributed by atoms with van der Waals surface area (Å²) in [5, 5.41) is 7.31. The van der Waals surface area contributed by atoms with E-state index < -0.39 is 23.9 Å². The van der Waals surface area contributed by atoms with Crippen LogP contribution in [-0.2, 0) is 9.59 Å². The Morgan fingerprint density at radius 1 is 0.778 bits per heavy atom. The molecule has 2 rings (SSSR count). The van der Waals surface area contributed by atoms with Gasteiger partial charge in [-0.05, 0) is 10.4 Å². The summed E-state index contributed by atoms with van der Waals surface area (Å²) < 4.78 is 1.64. The Morgan fingerprint density at radius 2 is 1.11 bits per heavy atom. The Hall–Kier alpha value is -1.82. The number of hydrogen-bond acceptors (Lipinski definition) is 8. The molecule has 10 nitrogen and oxygen atoms in total. The molecule has 2 saturated heterocycles. The highest BCUT2D eigenvalue weighted by Crippen LogP contribution is 2.16. The molecule has 2 aliphatic heterocycles. The van der Waals surface area contributed by atoms with Gasteiger partial charge in [-0.15, -0.1) is 10.0 Å². The Labute approximate surface area is 111 Å². The van der Waals surface area contributed by atoms with Crippen molar-refractivity contribution in [3.63, 3.8) is 0 Å². The summed E-state index contributed by atoms with van der Waals surface area (Å²) in [6.07, 6.45) is 0. The Bertz CT molecular complexity index is 439. The zero-order valence-corrected chi connectivity index (χ0v) is 10.4. The van der Waals surface area contributed by atoms with Crippen LogP contribution in [0.1, 0.15) is 0 Å². The van der Waals surface area contributed by atoms with Gasteiger partial charge in [-0.2, -0.15) is 0 Å². The molecular formula is C6H6N6O4S2. The molecule has 0 aromatic heterocycles. The number of carbonyl (C=O) groups excluding carboxylic acids is 4. The molecule has 0 radical (unpaired) electrons. The number of imide groups is 2. The van der Waals surface area contributed by atoms with Gasteiger partial charge in [-0.25, -0.2) is 9.59 Å². The van der Waals surface area contributed by atoms with Gasteiger partial charge in [-0.3, -0.25) is 18.2 Å². The molecule has 2 fully saturated rings. The van der Waals surface area contributed by atoms with E-state index in [1.54, 1.807) is 0 Å². The lowest BCUT2D eigenvalue weighted by molar-refractivity contribution is -0.128. The normalized spacial score (nSPS) is 21.2. The SMILES string of the molecule is O=C1CN(S)C(=O)N1/N=N/N1C(=O)CN(S)C1=O. The average Bonchev–Trinajstić information content (AvgIpc) is 2.67. The molecular weight excluding hydrogens is 284 g/mol. The fourth-order valence-electron chi connectivity index (χ4n) is 1.21. The van der Waals surface area contributed by atoms with E-state index in [4.69, 9.17) is 0 Å². The van der Waals surface area contributed by atoms with Crippen molar-refractivity contribution < 1.29 is 19.2 Å². The van der Waals surface area contributed by atoms with E-state index in [1.165, 1.54) is 0 Å². The van der Waals surface area contributed by atoms with Crippen LogP contribution >= 0.6 is 25.6 Å². The van der Waals surface area contributed by atoms with Crippen molar-refractivity contribution in [1.82, 2.24) is 18.6 Å². The third kappa shape index (κ3) is 1.99. The van der Waals surface area contributed by atoms with Gasteiger partial charge in [0, 0.05) is 0 Å². The number of rotatable bonds is 2. The number of hydrogen-bond donors (Lipinski definition) is 2. The van der Waals surface area contributed by atoms with Crippen molar-refractivity contribution >= 4 is 49.5 Å². The predicted octanol–water partition coefficient (Wildman–Crippen LogP) is -0.513. The lowest BCUT2D eigenvalue weighted by Crippen LogP contribution is -2.28. The Kier molecular flexibility index (Phi) is 3.13. The molecule has 6 amide bonds. The van der Waals surface area contributed by atoms with Crippen LogP contribution in [0.5, 0.6) is 0 Å². The smallest absolute Gasteiger partial charge is 0.270 e. The van der Waals surface area contributed by atoms with E-state index in [0.717, 1.165) is 8.61 Å². The van der Waals surface area contributed by atoms with Crippen molar-refractivity contribution in [2.75, 3.05) is 13.1 Å². The summed E-state index contributed by atoms with van der Waals surface area (Å²) in [4.78, 5) is 45.2. The summed E-state index contributed by atoms with van der Waals surface area (Å²) in [5.74, 6) is -1.33. The predicted molar refractivity (Wildman–Crippen MR) is 60.7 cm³/mol. The van der Waals surface area contributed by atoms with Crippen LogP contribution in [0.2, 0.25) is 0 Å². The second-order valence-corrected chi connectivity index (χ2v) is 4.24. The lowest BCUT2D eigenvalue weighted by Gasteiger charge is -2.07.